The van der Waals surface area contributed by atoms with E-state index in [1.807, 2.05) is 21.8 Å². The molecule has 4 bridgehead atoms. The van der Waals surface area contributed by atoms with Crippen molar-refractivity contribution >= 4 is 16.1 Å². The second-order valence-electron chi connectivity index (χ2n) is 15.7. The second-order valence-corrected chi connectivity index (χ2v) is 19.8. The summed E-state index contributed by atoms with van der Waals surface area (Å²) < 4.78 is 6.19. The fourth-order valence-electron chi connectivity index (χ4n) is 10.6. The third kappa shape index (κ3) is 3.65. The van der Waals surface area contributed by atoms with Gasteiger partial charge in [0.25, 0.3) is 0 Å². The zero-order valence-electron chi connectivity index (χ0n) is 27.0. The minimum atomic E-state index is -0.328. The lowest BCUT2D eigenvalue weighted by Crippen LogP contribution is -2.57. The van der Waals surface area contributed by atoms with Gasteiger partial charge in [-0.25, -0.2) is 0 Å². The molecule has 2 aromatic carbocycles. The average molecular weight is 597 g/mol. The molecule has 4 heteroatoms. The lowest BCUT2D eigenvalue weighted by atomic mass is 9.46. The number of rotatable bonds is 5. The fraction of sp³-hybridized carbons (Fsp3) is 0.579. The van der Waals surface area contributed by atoms with Crippen molar-refractivity contribution < 1.29 is 0 Å². The molecule has 2 aliphatic heterocycles. The molecule has 2 aromatic rings. The molecule has 10 rings (SSSR count). The topological polar surface area (TPSA) is 6.48 Å². The highest BCUT2D eigenvalue weighted by molar-refractivity contribution is 7.59. The van der Waals surface area contributed by atoms with Crippen LogP contribution in [0.4, 0.5) is 0 Å². The van der Waals surface area contributed by atoms with Crippen molar-refractivity contribution in [3.63, 3.8) is 0 Å². The quantitative estimate of drug-likeness (QED) is 0.317. The third-order valence-corrected chi connectivity index (χ3v) is 18.6. The highest BCUT2D eigenvalue weighted by Crippen LogP contribution is 2.77. The summed E-state index contributed by atoms with van der Waals surface area (Å²) in [5, 5.41) is 3.78. The molecule has 0 spiro atoms. The summed E-state index contributed by atoms with van der Waals surface area (Å²) in [5.41, 5.74) is 7.68. The molecular formula is C38H50N2P2. The van der Waals surface area contributed by atoms with Gasteiger partial charge in [0.1, 0.15) is 0 Å². The zero-order chi connectivity index (χ0) is 29.3. The molecule has 0 N–H and O–H groups in total. The van der Waals surface area contributed by atoms with Gasteiger partial charge in [-0.15, -0.1) is 0 Å². The molecule has 8 aliphatic rings. The first-order valence-electron chi connectivity index (χ1n) is 16.6. The summed E-state index contributed by atoms with van der Waals surface area (Å²) in [6.45, 7) is 20.7. The van der Waals surface area contributed by atoms with Crippen LogP contribution in [0, 0.1) is 34.5 Å². The van der Waals surface area contributed by atoms with Crippen LogP contribution < -0.4 is 0 Å². The van der Waals surface area contributed by atoms with Gasteiger partial charge in [-0.2, -0.15) is 0 Å². The third-order valence-electron chi connectivity index (χ3n) is 13.6. The SMILES string of the molecule is C[C@H](c1ccccc1)N1C(C2C3=C(C[C@H]4C[C@@H]3C4(C)C)P(C)N2[C@H](C)c2ccccc2)C2=C(C[C@H]3C[C@@H]2C3(C)C)P1C. The Morgan fingerprint density at radius 2 is 0.976 bits per heavy atom. The Kier molecular flexibility index (Phi) is 6.44. The predicted octanol–water partition coefficient (Wildman–Crippen LogP) is 10.6. The first kappa shape index (κ1) is 28.2. The van der Waals surface area contributed by atoms with Gasteiger partial charge in [-0.3, -0.25) is 9.34 Å². The fourth-order valence-corrected chi connectivity index (χ4v) is 16.0. The van der Waals surface area contributed by atoms with Gasteiger partial charge in [0.2, 0.25) is 0 Å². The maximum Gasteiger partial charge on any atom is 0.0560 e. The lowest BCUT2D eigenvalue weighted by Gasteiger charge is -2.60. The van der Waals surface area contributed by atoms with E-state index in [-0.39, 0.29) is 16.1 Å². The Morgan fingerprint density at radius 3 is 1.31 bits per heavy atom. The van der Waals surface area contributed by atoms with Gasteiger partial charge in [-0.1, -0.05) is 88.4 Å². The van der Waals surface area contributed by atoms with Gasteiger partial charge < -0.3 is 0 Å². The van der Waals surface area contributed by atoms with E-state index in [1.165, 1.54) is 36.8 Å². The molecule has 6 aliphatic carbocycles. The summed E-state index contributed by atoms with van der Waals surface area (Å²) in [6.07, 6.45) is 5.54. The summed E-state index contributed by atoms with van der Waals surface area (Å²) >= 11 is 0. The van der Waals surface area contributed by atoms with Gasteiger partial charge >= 0.3 is 0 Å². The average Bonchev–Trinajstić information content (AvgIpc) is 3.47. The van der Waals surface area contributed by atoms with Crippen LogP contribution >= 0.6 is 16.1 Å². The standard InChI is InChI=1S/C38H50N2P2/c1-23(25-15-11-9-12-16-25)39-35(33-29-19-27(37(29,3)4)21-31(33)41(39)7)36-34-30-20-28(38(30,5)6)22-32(34)42(8)40(36)24(2)26-17-13-10-14-18-26/h9-18,23-24,27-30,35-36H,19-22H2,1-8H3/t23-,24-,27-,28-,29+,30+,35?,36?,41?,42?/m1/s1. The maximum atomic E-state index is 3.10. The Balaban J connectivity index is 1.32. The Morgan fingerprint density at radius 1 is 0.619 bits per heavy atom. The van der Waals surface area contributed by atoms with Crippen LogP contribution in [0.3, 0.4) is 0 Å². The van der Waals surface area contributed by atoms with Crippen molar-refractivity contribution in [1.29, 1.82) is 0 Å². The van der Waals surface area contributed by atoms with E-state index in [1.54, 1.807) is 0 Å². The van der Waals surface area contributed by atoms with Crippen LogP contribution in [-0.2, 0) is 0 Å². The van der Waals surface area contributed by atoms with Crippen molar-refractivity contribution in [2.45, 2.75) is 91.4 Å². The van der Waals surface area contributed by atoms with Crippen molar-refractivity contribution in [1.82, 2.24) is 9.34 Å². The largest absolute Gasteiger partial charge is 0.263 e. The van der Waals surface area contributed by atoms with Crippen LogP contribution in [0.2, 0.25) is 0 Å². The summed E-state index contributed by atoms with van der Waals surface area (Å²) in [5.74, 6) is 3.25. The maximum absolute atomic E-state index is 3.10. The van der Waals surface area contributed by atoms with Crippen LogP contribution in [0.25, 0.3) is 0 Å². The van der Waals surface area contributed by atoms with E-state index in [2.05, 4.69) is 125 Å². The highest BCUT2D eigenvalue weighted by atomic mass is 31.1. The molecule has 2 nitrogen and oxygen atoms in total. The molecule has 10 atom stereocenters. The van der Waals surface area contributed by atoms with Crippen molar-refractivity contribution in [3.05, 3.63) is 93.6 Å². The molecule has 0 radical (unpaired) electrons. The summed E-state index contributed by atoms with van der Waals surface area (Å²) in [7, 11) is -0.656. The molecule has 2 fully saturated rings. The molecule has 42 heavy (non-hydrogen) atoms. The zero-order valence-corrected chi connectivity index (χ0v) is 28.8. The van der Waals surface area contributed by atoms with Crippen molar-refractivity contribution in [2.24, 2.45) is 34.5 Å². The number of hydrogen-bond donors (Lipinski definition) is 0. The van der Waals surface area contributed by atoms with Gasteiger partial charge in [0.15, 0.2) is 0 Å². The van der Waals surface area contributed by atoms with E-state index < -0.39 is 0 Å². The van der Waals surface area contributed by atoms with E-state index in [4.69, 9.17) is 0 Å². The lowest BCUT2D eigenvalue weighted by molar-refractivity contribution is -0.0255. The van der Waals surface area contributed by atoms with Crippen LogP contribution in [0.5, 0.6) is 0 Å². The Hall–Kier alpha value is -1.30. The van der Waals surface area contributed by atoms with E-state index in [0.29, 0.717) is 35.0 Å². The molecule has 0 amide bonds. The summed E-state index contributed by atoms with van der Waals surface area (Å²) in [4.78, 5) is 0. The first-order valence-corrected chi connectivity index (χ1v) is 20.1. The Labute approximate surface area is 257 Å². The van der Waals surface area contributed by atoms with Crippen LogP contribution in [0.1, 0.15) is 90.4 Å². The van der Waals surface area contributed by atoms with Gasteiger partial charge in [0.05, 0.1) is 12.1 Å². The van der Waals surface area contributed by atoms with Crippen molar-refractivity contribution in [3.8, 4) is 0 Å². The molecule has 0 saturated heterocycles. The number of benzene rings is 2. The molecule has 2 saturated carbocycles. The number of nitrogens with zero attached hydrogens (tertiary/aromatic N) is 2. The van der Waals surface area contributed by atoms with Crippen LogP contribution in [0.15, 0.2) is 82.4 Å². The molecular weight excluding hydrogens is 546 g/mol. The monoisotopic (exact) mass is 596 g/mol. The normalized spacial score (nSPS) is 39.3. The molecule has 2 heterocycles. The van der Waals surface area contributed by atoms with Crippen LogP contribution in [-0.4, -0.2) is 34.8 Å². The van der Waals surface area contributed by atoms with Gasteiger partial charge in [-0.05, 0) is 136 Å². The predicted molar refractivity (Wildman–Crippen MR) is 181 cm³/mol. The minimum Gasteiger partial charge on any atom is -0.263 e. The van der Waals surface area contributed by atoms with E-state index >= 15 is 0 Å². The Bertz CT molecular complexity index is 1350. The second kappa shape index (κ2) is 9.60. The van der Waals surface area contributed by atoms with E-state index in [9.17, 15) is 0 Å². The smallest absolute Gasteiger partial charge is 0.0560 e. The first-order chi connectivity index (χ1) is 20.0. The van der Waals surface area contributed by atoms with Crippen molar-refractivity contribution in [2.75, 3.05) is 13.3 Å². The number of hydrogen-bond acceptors (Lipinski definition) is 2. The highest BCUT2D eigenvalue weighted by Gasteiger charge is 2.65. The molecule has 222 valence electrons. The van der Waals surface area contributed by atoms with E-state index in [0.717, 1.165) is 23.7 Å². The summed E-state index contributed by atoms with van der Waals surface area (Å²) in [6, 6.07) is 24.8. The molecule has 0 aromatic heterocycles. The van der Waals surface area contributed by atoms with Gasteiger partial charge in [0, 0.05) is 12.1 Å². The molecule has 4 unspecified atom stereocenters. The minimum absolute atomic E-state index is 0.328. The number of allylic oxidation sites excluding steroid dienone is 2.